The molecule has 0 aliphatic heterocycles. The standard InChI is InChI=1S/C23H20N4O2S2/c1-2-29-18-10-9-15-6-3-4-7-17(15)20(18)22(28)24-12-11-16-14-31-23-25-21(26-27(16)23)19-8-5-13-30-19/h3-10,13-14H,2,11-12H2,1H3,(H,24,28). The van der Waals surface area contributed by atoms with Gasteiger partial charge >= 0.3 is 0 Å². The van der Waals surface area contributed by atoms with E-state index < -0.39 is 0 Å². The first-order valence-corrected chi connectivity index (χ1v) is 11.8. The zero-order valence-corrected chi connectivity index (χ0v) is 18.5. The Bertz CT molecular complexity index is 1350. The van der Waals surface area contributed by atoms with Crippen molar-refractivity contribution in [3.63, 3.8) is 0 Å². The van der Waals surface area contributed by atoms with Gasteiger partial charge in [-0.1, -0.05) is 36.4 Å². The third-order valence-corrected chi connectivity index (χ3v) is 6.71. The van der Waals surface area contributed by atoms with E-state index in [1.54, 1.807) is 22.7 Å². The van der Waals surface area contributed by atoms with Crippen LogP contribution in [-0.4, -0.2) is 33.7 Å². The van der Waals surface area contributed by atoms with Crippen molar-refractivity contribution in [3.8, 4) is 16.5 Å². The van der Waals surface area contributed by atoms with Gasteiger partial charge in [0.05, 0.1) is 22.7 Å². The Morgan fingerprint density at radius 2 is 2.03 bits per heavy atom. The number of aromatic nitrogens is 3. The molecule has 0 spiro atoms. The predicted octanol–water partition coefficient (Wildman–Crippen LogP) is 5.04. The molecule has 3 heterocycles. The lowest BCUT2D eigenvalue weighted by molar-refractivity contribution is 0.0952. The lowest BCUT2D eigenvalue weighted by Crippen LogP contribution is -2.26. The Hall–Kier alpha value is -3.23. The van der Waals surface area contributed by atoms with Crippen molar-refractivity contribution in [1.29, 1.82) is 0 Å². The van der Waals surface area contributed by atoms with Crippen LogP contribution in [0, 0.1) is 0 Å². The second kappa shape index (κ2) is 8.49. The number of rotatable bonds is 7. The van der Waals surface area contributed by atoms with E-state index in [1.807, 2.05) is 70.7 Å². The average Bonchev–Trinajstić information content (AvgIpc) is 3.52. The summed E-state index contributed by atoms with van der Waals surface area (Å²) in [5, 5.41) is 13.7. The van der Waals surface area contributed by atoms with Crippen LogP contribution in [0.15, 0.2) is 59.3 Å². The van der Waals surface area contributed by atoms with Crippen LogP contribution in [0.1, 0.15) is 23.0 Å². The van der Waals surface area contributed by atoms with Crippen molar-refractivity contribution < 1.29 is 9.53 Å². The molecule has 8 heteroatoms. The van der Waals surface area contributed by atoms with Crippen LogP contribution >= 0.6 is 22.7 Å². The zero-order valence-electron chi connectivity index (χ0n) is 16.9. The molecule has 5 rings (SSSR count). The van der Waals surface area contributed by atoms with Crippen molar-refractivity contribution in [2.45, 2.75) is 13.3 Å². The normalized spacial score (nSPS) is 11.3. The van der Waals surface area contributed by atoms with Crippen molar-refractivity contribution in [3.05, 3.63) is 70.5 Å². The predicted molar refractivity (Wildman–Crippen MR) is 125 cm³/mol. The number of fused-ring (bicyclic) bond motifs is 2. The van der Waals surface area contributed by atoms with Crippen LogP contribution in [-0.2, 0) is 6.42 Å². The molecule has 0 aliphatic carbocycles. The van der Waals surface area contributed by atoms with Gasteiger partial charge in [-0.25, -0.2) is 4.52 Å². The minimum atomic E-state index is -0.135. The van der Waals surface area contributed by atoms with Crippen molar-refractivity contribution in [1.82, 2.24) is 19.9 Å². The molecule has 0 fully saturated rings. The topological polar surface area (TPSA) is 68.5 Å². The number of benzene rings is 2. The molecule has 156 valence electrons. The molecular weight excluding hydrogens is 428 g/mol. The molecule has 2 aromatic carbocycles. The number of nitrogens with zero attached hydrogens (tertiary/aromatic N) is 3. The molecule has 0 unspecified atom stereocenters. The van der Waals surface area contributed by atoms with Crippen LogP contribution in [0.5, 0.6) is 5.75 Å². The van der Waals surface area contributed by atoms with Gasteiger partial charge < -0.3 is 10.1 Å². The van der Waals surface area contributed by atoms with E-state index >= 15 is 0 Å². The highest BCUT2D eigenvalue weighted by atomic mass is 32.1. The molecule has 1 amide bonds. The van der Waals surface area contributed by atoms with E-state index in [0.29, 0.717) is 30.9 Å². The Kier molecular flexibility index (Phi) is 5.40. The van der Waals surface area contributed by atoms with E-state index in [2.05, 4.69) is 15.4 Å². The molecule has 6 nitrogen and oxygen atoms in total. The largest absolute Gasteiger partial charge is 0.493 e. The highest BCUT2D eigenvalue weighted by Crippen LogP contribution is 2.28. The molecule has 5 aromatic rings. The van der Waals surface area contributed by atoms with Gasteiger partial charge in [0.25, 0.3) is 5.91 Å². The lowest BCUT2D eigenvalue weighted by atomic mass is 10.0. The minimum absolute atomic E-state index is 0.135. The second-order valence-electron chi connectivity index (χ2n) is 6.93. The summed E-state index contributed by atoms with van der Waals surface area (Å²) < 4.78 is 7.60. The van der Waals surface area contributed by atoms with Crippen molar-refractivity contribution in [2.75, 3.05) is 13.2 Å². The Labute approximate surface area is 187 Å². The molecule has 0 atom stereocenters. The lowest BCUT2D eigenvalue weighted by Gasteiger charge is -2.13. The third kappa shape index (κ3) is 3.80. The zero-order chi connectivity index (χ0) is 21.2. The Morgan fingerprint density at radius 1 is 1.13 bits per heavy atom. The van der Waals surface area contributed by atoms with Crippen LogP contribution in [0.2, 0.25) is 0 Å². The number of carbonyl (C=O) groups is 1. The molecule has 0 aliphatic rings. The number of thiazole rings is 1. The van der Waals surface area contributed by atoms with Gasteiger partial charge in [-0.05, 0) is 35.2 Å². The van der Waals surface area contributed by atoms with Gasteiger partial charge in [0.2, 0.25) is 4.96 Å². The van der Waals surface area contributed by atoms with E-state index in [0.717, 1.165) is 32.1 Å². The fraction of sp³-hybridized carbons (Fsp3) is 0.174. The fourth-order valence-corrected chi connectivity index (χ4v) is 5.07. The first-order valence-electron chi connectivity index (χ1n) is 10.0. The second-order valence-corrected chi connectivity index (χ2v) is 8.72. The number of thiophene rings is 1. The van der Waals surface area contributed by atoms with E-state index in [1.165, 1.54) is 0 Å². The summed E-state index contributed by atoms with van der Waals surface area (Å²) in [6.45, 7) is 2.92. The van der Waals surface area contributed by atoms with Gasteiger partial charge in [-0.15, -0.1) is 27.8 Å². The maximum Gasteiger partial charge on any atom is 0.255 e. The van der Waals surface area contributed by atoms with Crippen LogP contribution in [0.4, 0.5) is 0 Å². The van der Waals surface area contributed by atoms with Gasteiger partial charge in [-0.2, -0.15) is 4.98 Å². The smallest absolute Gasteiger partial charge is 0.255 e. The summed E-state index contributed by atoms with van der Waals surface area (Å²) in [6, 6.07) is 15.7. The first-order chi connectivity index (χ1) is 15.2. The van der Waals surface area contributed by atoms with Crippen LogP contribution in [0.25, 0.3) is 26.4 Å². The number of carbonyl (C=O) groups excluding carboxylic acids is 1. The van der Waals surface area contributed by atoms with Gasteiger partial charge in [0.15, 0.2) is 5.82 Å². The summed E-state index contributed by atoms with van der Waals surface area (Å²) in [4.78, 5) is 19.6. The van der Waals surface area contributed by atoms with E-state index in [4.69, 9.17) is 4.74 Å². The maximum atomic E-state index is 13.1. The maximum absolute atomic E-state index is 13.1. The molecule has 1 N–H and O–H groups in total. The van der Waals surface area contributed by atoms with Gasteiger partial charge in [0.1, 0.15) is 5.75 Å². The summed E-state index contributed by atoms with van der Waals surface area (Å²) in [7, 11) is 0. The van der Waals surface area contributed by atoms with E-state index in [9.17, 15) is 4.79 Å². The molecule has 3 aromatic heterocycles. The number of hydrogen-bond donors (Lipinski definition) is 1. The summed E-state index contributed by atoms with van der Waals surface area (Å²) >= 11 is 3.18. The first kappa shape index (κ1) is 19.7. The van der Waals surface area contributed by atoms with E-state index in [-0.39, 0.29) is 5.91 Å². The number of hydrogen-bond acceptors (Lipinski definition) is 6. The monoisotopic (exact) mass is 448 g/mol. The highest BCUT2D eigenvalue weighted by molar-refractivity contribution is 7.15. The number of amides is 1. The Morgan fingerprint density at radius 3 is 2.87 bits per heavy atom. The molecule has 0 saturated heterocycles. The fourth-order valence-electron chi connectivity index (χ4n) is 3.56. The van der Waals surface area contributed by atoms with Crippen LogP contribution in [0.3, 0.4) is 0 Å². The SMILES string of the molecule is CCOc1ccc2ccccc2c1C(=O)NCCc1csc2nc(-c3cccs3)nn12. The van der Waals surface area contributed by atoms with Crippen molar-refractivity contribution in [2.24, 2.45) is 0 Å². The van der Waals surface area contributed by atoms with Crippen molar-refractivity contribution >= 4 is 44.3 Å². The average molecular weight is 449 g/mol. The number of nitrogens with one attached hydrogen (secondary N) is 1. The molecule has 0 saturated carbocycles. The quantitative estimate of drug-likeness (QED) is 0.379. The molecule has 31 heavy (non-hydrogen) atoms. The van der Waals surface area contributed by atoms with Gasteiger partial charge in [0, 0.05) is 18.3 Å². The minimum Gasteiger partial charge on any atom is -0.493 e. The molecule has 0 radical (unpaired) electrons. The summed E-state index contributed by atoms with van der Waals surface area (Å²) in [5.41, 5.74) is 1.61. The third-order valence-electron chi connectivity index (χ3n) is 4.98. The van der Waals surface area contributed by atoms with Gasteiger partial charge in [-0.3, -0.25) is 4.79 Å². The highest BCUT2D eigenvalue weighted by Gasteiger charge is 2.17. The molecule has 0 bridgehead atoms. The molecular formula is C23H20N4O2S2. The summed E-state index contributed by atoms with van der Waals surface area (Å²) in [6.07, 6.45) is 0.660. The summed E-state index contributed by atoms with van der Waals surface area (Å²) in [5.74, 6) is 1.21. The van der Waals surface area contributed by atoms with Crippen LogP contribution < -0.4 is 10.1 Å². The number of ether oxygens (including phenoxy) is 1. The Balaban J connectivity index is 1.34.